The Morgan fingerprint density at radius 2 is 1.77 bits per heavy atom. The third-order valence-electron chi connectivity index (χ3n) is 1.92. The van der Waals surface area contributed by atoms with Gasteiger partial charge in [0.2, 0.25) is 0 Å². The quantitative estimate of drug-likeness (QED) is 0.845. The summed E-state index contributed by atoms with van der Waals surface area (Å²) in [5.41, 5.74) is 1.19. The molecule has 2 heteroatoms. The van der Waals surface area contributed by atoms with E-state index in [1.165, 1.54) is 0.998 Å². The Balaban J connectivity index is 3.10. The van der Waals surface area contributed by atoms with Gasteiger partial charge in [0, 0.05) is 0 Å². The van der Waals surface area contributed by atoms with Crippen LogP contribution in [-0.2, 0) is 0 Å². The number of benzene rings is 1. The van der Waals surface area contributed by atoms with Gasteiger partial charge >= 0.3 is 107 Å². The first kappa shape index (κ1) is 11.3. The molecule has 0 saturated carbocycles. The fraction of sp³-hybridized carbons (Fsp3) is 0.364. The van der Waals surface area contributed by atoms with E-state index in [2.05, 4.69) is 20.8 Å². The molecule has 0 aliphatic rings. The first-order valence-corrected chi connectivity index (χ1v) is 5.87. The van der Waals surface area contributed by atoms with E-state index in [0.717, 1.165) is 44.7 Å². The summed E-state index contributed by atoms with van der Waals surface area (Å²) in [5.74, 6) is 0.405. The second-order valence-electron chi connectivity index (χ2n) is 4.14. The molecule has 1 rings (SSSR count). The van der Waals surface area contributed by atoms with Crippen LogP contribution in [0.25, 0.3) is 0 Å². The molecule has 1 nitrogen and oxygen atoms in total. The van der Waals surface area contributed by atoms with Crippen molar-refractivity contribution in [3.63, 3.8) is 0 Å². The number of rotatable bonds is 1. The monoisotopic (exact) mass is 302 g/mol. The molecule has 0 bridgehead atoms. The third kappa shape index (κ3) is 2.86. The molecule has 0 aliphatic carbocycles. The summed E-state index contributed by atoms with van der Waals surface area (Å²) in [6.07, 6.45) is 0. The Labute approximate surface area is 106 Å². The van der Waals surface area contributed by atoms with Crippen LogP contribution in [0.3, 0.4) is 0 Å². The zero-order valence-corrected chi connectivity index (χ0v) is 11.4. The van der Waals surface area contributed by atoms with E-state index in [4.69, 9.17) is 0 Å². The van der Waals surface area contributed by atoms with Gasteiger partial charge in [-0.1, -0.05) is 0 Å². The average molecular weight is 302 g/mol. The Hall–Kier alpha value is 0.267. The van der Waals surface area contributed by atoms with Crippen molar-refractivity contribution >= 4 is 0.998 Å². The van der Waals surface area contributed by atoms with Crippen molar-refractivity contribution in [3.05, 3.63) is 29.8 Å². The minimum absolute atomic E-state index is 0.172. The molecule has 0 heterocycles. The van der Waals surface area contributed by atoms with Gasteiger partial charge in [-0.2, -0.15) is 0 Å². The van der Waals surface area contributed by atoms with Gasteiger partial charge in [-0.05, 0) is 0 Å². The zero-order chi connectivity index (χ0) is 10.1. The molecule has 13 heavy (non-hydrogen) atoms. The predicted molar refractivity (Wildman–Crippen MR) is 51.7 cm³/mol. The molecular weight excluding hydrogens is 288 g/mol. The van der Waals surface area contributed by atoms with Gasteiger partial charge in [0.25, 0.3) is 0 Å². The number of aromatic hydroxyl groups is 1. The molecule has 1 aromatic carbocycles. The Morgan fingerprint density at radius 3 is 2.23 bits per heavy atom. The van der Waals surface area contributed by atoms with E-state index in [1.807, 2.05) is 18.2 Å². The first-order valence-electron chi connectivity index (χ1n) is 4.30. The second kappa shape index (κ2) is 4.19. The van der Waals surface area contributed by atoms with Crippen LogP contribution >= 0.6 is 0 Å². The molecule has 0 aromatic heterocycles. The number of phenols is 1. The van der Waals surface area contributed by atoms with Crippen LogP contribution in [-0.4, -0.2) is 6.10 Å². The van der Waals surface area contributed by atoms with Crippen molar-refractivity contribution in [2.45, 2.75) is 20.8 Å². The summed E-state index contributed by atoms with van der Waals surface area (Å²) in [5, 5.41) is 9.65. The van der Waals surface area contributed by atoms with Crippen LogP contribution < -0.4 is 0 Å². The molecule has 68 valence electrons. The van der Waals surface area contributed by atoms with Crippen LogP contribution in [0.5, 0.6) is 5.75 Å². The van der Waals surface area contributed by atoms with E-state index in [-0.39, 0.29) is 5.41 Å². The van der Waals surface area contributed by atoms with E-state index < -0.39 is 0 Å². The van der Waals surface area contributed by atoms with Crippen molar-refractivity contribution in [1.82, 2.24) is 0 Å². The molecule has 1 N–H and O–H groups in total. The molecule has 0 atom stereocenters. The molecule has 0 fully saturated rings. The molecule has 0 radical (unpaired) electrons. The number of phenolic OH excluding ortho intramolecular Hbond substituents is 1. The Bertz CT molecular complexity index is 323. The van der Waals surface area contributed by atoms with Crippen LogP contribution in [0.1, 0.15) is 26.3 Å². The maximum atomic E-state index is 9.65. The molecular formula is C11H14CeO. The van der Waals surface area contributed by atoms with Gasteiger partial charge in [0.1, 0.15) is 0 Å². The molecule has 0 spiro atoms. The van der Waals surface area contributed by atoms with Crippen LogP contribution in [0.2, 0.25) is 0 Å². The van der Waals surface area contributed by atoms with Crippen molar-refractivity contribution in [1.29, 1.82) is 0 Å². The Kier molecular flexibility index (Phi) is 3.66. The molecule has 1 aromatic rings. The molecule has 0 amide bonds. The minimum atomic E-state index is 0.172. The second-order valence-corrected chi connectivity index (χ2v) is 5.71. The average Bonchev–Trinajstić information content (AvgIpc) is 2.02. The Morgan fingerprint density at radius 1 is 1.23 bits per heavy atom. The van der Waals surface area contributed by atoms with E-state index in [0.29, 0.717) is 5.75 Å². The van der Waals surface area contributed by atoms with Crippen molar-refractivity contribution in [3.8, 4) is 5.75 Å². The van der Waals surface area contributed by atoms with Crippen LogP contribution in [0.15, 0.2) is 24.3 Å². The SMILES string of the molecule is CC(C)(C)[C](=[Ce])c1ccccc1O. The summed E-state index contributed by atoms with van der Waals surface area (Å²) in [6.45, 7) is 6.55. The van der Waals surface area contributed by atoms with Crippen LogP contribution in [0, 0.1) is 44.5 Å². The van der Waals surface area contributed by atoms with Gasteiger partial charge in [-0.25, -0.2) is 0 Å². The van der Waals surface area contributed by atoms with E-state index in [9.17, 15) is 5.11 Å². The van der Waals surface area contributed by atoms with Gasteiger partial charge in [-0.3, -0.25) is 0 Å². The van der Waals surface area contributed by atoms with Crippen molar-refractivity contribution in [2.75, 3.05) is 0 Å². The number of para-hydroxylation sites is 1. The van der Waals surface area contributed by atoms with E-state index in [1.54, 1.807) is 6.07 Å². The molecule has 0 saturated heterocycles. The van der Waals surface area contributed by atoms with Gasteiger partial charge < -0.3 is 0 Å². The molecule has 0 aliphatic heterocycles. The summed E-state index contributed by atoms with van der Waals surface area (Å²) < 4.78 is 1.35. The van der Waals surface area contributed by atoms with Crippen molar-refractivity contribution < 1.29 is 44.2 Å². The number of hydrogen-bond donors (Lipinski definition) is 1. The van der Waals surface area contributed by atoms with Gasteiger partial charge in [0.15, 0.2) is 0 Å². The summed E-state index contributed by atoms with van der Waals surface area (Å²) >= 11 is 0.991. The van der Waals surface area contributed by atoms with Crippen molar-refractivity contribution in [2.24, 2.45) is 5.41 Å². The van der Waals surface area contributed by atoms with Gasteiger partial charge in [-0.15, -0.1) is 0 Å². The fourth-order valence-corrected chi connectivity index (χ4v) is 1.75. The predicted octanol–water partition coefficient (Wildman–Crippen LogP) is 2.51. The summed E-state index contributed by atoms with van der Waals surface area (Å²) in [7, 11) is 0. The van der Waals surface area contributed by atoms with Gasteiger partial charge in [0.05, 0.1) is 0 Å². The van der Waals surface area contributed by atoms with E-state index >= 15 is 0 Å². The fourth-order valence-electron chi connectivity index (χ4n) is 1.09. The summed E-state index contributed by atoms with van der Waals surface area (Å²) in [6, 6.07) is 7.57. The first-order chi connectivity index (χ1) is 5.93. The summed E-state index contributed by atoms with van der Waals surface area (Å²) in [4.78, 5) is 0. The topological polar surface area (TPSA) is 20.2 Å². The van der Waals surface area contributed by atoms with Crippen LogP contribution in [0.4, 0.5) is 0 Å². The normalized spacial score (nSPS) is 11.2. The number of hydrogen-bond acceptors (Lipinski definition) is 1. The maximum absolute atomic E-state index is 9.65. The molecule has 0 unspecified atom stereocenters. The third-order valence-corrected chi connectivity index (χ3v) is 5.12. The standard InChI is InChI=1S/C11H14O.Ce/c1-11(2,3)8-9-6-4-5-7-10(9)12;/h4-7,12H,1-3H3;. The zero-order valence-electron chi connectivity index (χ0n) is 8.26.